The van der Waals surface area contributed by atoms with E-state index in [4.69, 9.17) is 11.6 Å². The lowest BCUT2D eigenvalue weighted by Gasteiger charge is -2.09. The van der Waals surface area contributed by atoms with E-state index in [0.29, 0.717) is 18.1 Å². The third-order valence-corrected chi connectivity index (χ3v) is 4.06. The molecule has 6 heteroatoms. The zero-order chi connectivity index (χ0) is 12.9. The summed E-state index contributed by atoms with van der Waals surface area (Å²) >= 11 is 5.97. The van der Waals surface area contributed by atoms with Crippen LogP contribution in [0.5, 0.6) is 0 Å². The van der Waals surface area contributed by atoms with E-state index in [2.05, 4.69) is 10.0 Å². The molecular formula is C11H17ClN2O2S. The minimum atomic E-state index is -3.42. The Morgan fingerprint density at radius 1 is 1.35 bits per heavy atom. The molecule has 0 aliphatic carbocycles. The fourth-order valence-electron chi connectivity index (χ4n) is 1.36. The Balaban J connectivity index is 3.02. The molecule has 4 nitrogen and oxygen atoms in total. The molecule has 0 saturated carbocycles. The summed E-state index contributed by atoms with van der Waals surface area (Å²) in [5, 5.41) is 3.51. The van der Waals surface area contributed by atoms with Crippen molar-refractivity contribution >= 4 is 21.6 Å². The zero-order valence-electron chi connectivity index (χ0n) is 9.96. The maximum Gasteiger partial charge on any atom is 0.240 e. The van der Waals surface area contributed by atoms with Gasteiger partial charge in [-0.15, -0.1) is 0 Å². The Kier molecular flexibility index (Phi) is 5.39. The van der Waals surface area contributed by atoms with Crippen LogP contribution in [0, 0.1) is 0 Å². The molecule has 0 radical (unpaired) electrons. The number of sulfonamides is 1. The van der Waals surface area contributed by atoms with Gasteiger partial charge in [0.25, 0.3) is 0 Å². The van der Waals surface area contributed by atoms with Crippen molar-refractivity contribution in [2.24, 2.45) is 0 Å². The molecule has 1 rings (SSSR count). The van der Waals surface area contributed by atoms with Crippen molar-refractivity contribution in [3.63, 3.8) is 0 Å². The minimum Gasteiger partial charge on any atom is -0.316 e. The van der Waals surface area contributed by atoms with Gasteiger partial charge in [-0.1, -0.05) is 18.5 Å². The van der Waals surface area contributed by atoms with E-state index in [9.17, 15) is 8.42 Å². The van der Waals surface area contributed by atoms with Gasteiger partial charge in [0.2, 0.25) is 10.0 Å². The molecule has 0 fully saturated rings. The molecule has 0 atom stereocenters. The Bertz CT molecular complexity index is 474. The van der Waals surface area contributed by atoms with E-state index in [1.807, 2.05) is 6.92 Å². The van der Waals surface area contributed by atoms with Crippen LogP contribution in [-0.2, 0) is 16.6 Å². The summed E-state index contributed by atoms with van der Waals surface area (Å²) in [6, 6.07) is 4.71. The van der Waals surface area contributed by atoms with Crippen molar-refractivity contribution in [2.45, 2.75) is 24.8 Å². The van der Waals surface area contributed by atoms with E-state index in [1.165, 1.54) is 6.07 Å². The van der Waals surface area contributed by atoms with E-state index < -0.39 is 10.0 Å². The molecule has 1 aromatic rings. The zero-order valence-corrected chi connectivity index (χ0v) is 11.5. The Hall–Kier alpha value is -0.620. The van der Waals surface area contributed by atoms with Crippen molar-refractivity contribution in [2.75, 3.05) is 13.6 Å². The second kappa shape index (κ2) is 6.35. The van der Waals surface area contributed by atoms with Gasteiger partial charge in [-0.2, -0.15) is 0 Å². The number of hydrogen-bond donors (Lipinski definition) is 2. The first kappa shape index (κ1) is 14.4. The molecule has 17 heavy (non-hydrogen) atoms. The highest BCUT2D eigenvalue weighted by atomic mass is 35.5. The van der Waals surface area contributed by atoms with Gasteiger partial charge in [0, 0.05) is 18.1 Å². The summed E-state index contributed by atoms with van der Waals surface area (Å²) in [5.74, 6) is 0. The predicted octanol–water partition coefficient (Wildman–Crippen LogP) is 1.75. The number of rotatable bonds is 6. The second-order valence-corrected chi connectivity index (χ2v) is 5.86. The largest absolute Gasteiger partial charge is 0.316 e. The van der Waals surface area contributed by atoms with Crippen LogP contribution < -0.4 is 10.0 Å². The average Bonchev–Trinajstić information content (AvgIpc) is 2.29. The molecule has 2 N–H and O–H groups in total. The van der Waals surface area contributed by atoms with E-state index in [0.717, 1.165) is 12.0 Å². The summed E-state index contributed by atoms with van der Waals surface area (Å²) in [6.07, 6.45) is 0.760. The third kappa shape index (κ3) is 3.96. The van der Waals surface area contributed by atoms with Crippen LogP contribution in [0.3, 0.4) is 0 Å². The van der Waals surface area contributed by atoms with Crippen LogP contribution in [0.2, 0.25) is 5.02 Å². The topological polar surface area (TPSA) is 58.2 Å². The summed E-state index contributed by atoms with van der Waals surface area (Å²) in [5.41, 5.74) is 0.772. The van der Waals surface area contributed by atoms with Gasteiger partial charge in [-0.3, -0.25) is 0 Å². The van der Waals surface area contributed by atoms with Gasteiger partial charge in [0.05, 0.1) is 4.90 Å². The fraction of sp³-hybridized carbons (Fsp3) is 0.455. The number of halogens is 1. The standard InChI is InChI=1S/C11H17ClN2O2S/c1-3-6-14-17(15,16)10-4-5-11(12)9(7-10)8-13-2/h4-5,7,13-14H,3,6,8H2,1-2H3. The summed E-state index contributed by atoms with van der Waals surface area (Å²) < 4.78 is 26.3. The monoisotopic (exact) mass is 276 g/mol. The van der Waals surface area contributed by atoms with Gasteiger partial charge in [0.1, 0.15) is 0 Å². The number of nitrogens with one attached hydrogen (secondary N) is 2. The fourth-order valence-corrected chi connectivity index (χ4v) is 2.73. The maximum atomic E-state index is 11.9. The van der Waals surface area contributed by atoms with E-state index in [-0.39, 0.29) is 4.90 Å². The lowest BCUT2D eigenvalue weighted by Crippen LogP contribution is -2.24. The summed E-state index contributed by atoms with van der Waals surface area (Å²) in [6.45, 7) is 2.89. The van der Waals surface area contributed by atoms with Crippen molar-refractivity contribution in [1.82, 2.24) is 10.0 Å². The molecule has 96 valence electrons. The normalized spacial score (nSPS) is 11.7. The Labute approximate surface area is 107 Å². The van der Waals surface area contributed by atoms with Gasteiger partial charge in [0.15, 0.2) is 0 Å². The average molecular weight is 277 g/mol. The third-order valence-electron chi connectivity index (χ3n) is 2.24. The van der Waals surface area contributed by atoms with Crippen molar-refractivity contribution in [3.05, 3.63) is 28.8 Å². The molecule has 0 spiro atoms. The second-order valence-electron chi connectivity index (χ2n) is 3.68. The van der Waals surface area contributed by atoms with Gasteiger partial charge >= 0.3 is 0 Å². The Morgan fingerprint density at radius 2 is 2.06 bits per heavy atom. The number of hydrogen-bond acceptors (Lipinski definition) is 3. The van der Waals surface area contributed by atoms with Crippen molar-refractivity contribution < 1.29 is 8.42 Å². The van der Waals surface area contributed by atoms with Gasteiger partial charge in [-0.25, -0.2) is 13.1 Å². The van der Waals surface area contributed by atoms with Crippen LogP contribution >= 0.6 is 11.6 Å². The highest BCUT2D eigenvalue weighted by Gasteiger charge is 2.14. The van der Waals surface area contributed by atoms with E-state index in [1.54, 1.807) is 19.2 Å². The predicted molar refractivity (Wildman–Crippen MR) is 69.7 cm³/mol. The van der Waals surface area contributed by atoms with Crippen molar-refractivity contribution in [1.29, 1.82) is 0 Å². The lowest BCUT2D eigenvalue weighted by atomic mass is 10.2. The van der Waals surface area contributed by atoms with Crippen LogP contribution in [0.15, 0.2) is 23.1 Å². The number of benzene rings is 1. The smallest absolute Gasteiger partial charge is 0.240 e. The molecule has 0 amide bonds. The molecule has 0 saturated heterocycles. The first-order valence-electron chi connectivity index (χ1n) is 5.44. The molecule has 0 unspecified atom stereocenters. The van der Waals surface area contributed by atoms with Crippen LogP contribution in [0.25, 0.3) is 0 Å². The summed E-state index contributed by atoms with van der Waals surface area (Å²) in [4.78, 5) is 0.251. The lowest BCUT2D eigenvalue weighted by molar-refractivity contribution is 0.580. The summed E-state index contributed by atoms with van der Waals surface area (Å²) in [7, 11) is -1.63. The molecule has 0 heterocycles. The molecule has 0 bridgehead atoms. The van der Waals surface area contributed by atoms with Crippen molar-refractivity contribution in [3.8, 4) is 0 Å². The Morgan fingerprint density at radius 3 is 2.65 bits per heavy atom. The molecule has 0 aliphatic heterocycles. The highest BCUT2D eigenvalue weighted by molar-refractivity contribution is 7.89. The molecular weight excluding hydrogens is 260 g/mol. The molecule has 0 aromatic heterocycles. The van der Waals surface area contributed by atoms with Gasteiger partial charge in [-0.05, 0) is 37.2 Å². The first-order valence-corrected chi connectivity index (χ1v) is 7.30. The van der Waals surface area contributed by atoms with Crippen LogP contribution in [0.1, 0.15) is 18.9 Å². The van der Waals surface area contributed by atoms with Crippen LogP contribution in [0.4, 0.5) is 0 Å². The van der Waals surface area contributed by atoms with Crippen LogP contribution in [-0.4, -0.2) is 22.0 Å². The quantitative estimate of drug-likeness (QED) is 0.832. The van der Waals surface area contributed by atoms with Gasteiger partial charge < -0.3 is 5.32 Å². The molecule has 1 aromatic carbocycles. The highest BCUT2D eigenvalue weighted by Crippen LogP contribution is 2.20. The minimum absolute atomic E-state index is 0.251. The first-order chi connectivity index (χ1) is 8.01. The molecule has 0 aliphatic rings. The SMILES string of the molecule is CCCNS(=O)(=O)c1ccc(Cl)c(CNC)c1. The maximum absolute atomic E-state index is 11.9. The van der Waals surface area contributed by atoms with E-state index >= 15 is 0 Å².